The Morgan fingerprint density at radius 2 is 1.96 bits per heavy atom. The molecular formula is C15H21F3N4O. The molecule has 0 amide bonds. The minimum atomic E-state index is -4.58. The molecule has 0 atom stereocenters. The quantitative estimate of drug-likeness (QED) is 0.721. The summed E-state index contributed by atoms with van der Waals surface area (Å²) >= 11 is 0. The van der Waals surface area contributed by atoms with Crippen molar-refractivity contribution in [1.29, 1.82) is 0 Å². The number of aryl methyl sites for hydroxylation is 1. The van der Waals surface area contributed by atoms with Crippen LogP contribution in [0.2, 0.25) is 0 Å². The first-order chi connectivity index (χ1) is 10.9. The molecule has 0 aliphatic carbocycles. The van der Waals surface area contributed by atoms with Crippen LogP contribution in [0, 0.1) is 6.92 Å². The number of aromatic amines is 1. The SMILES string of the molecule is CCCCOCCCNc1nc(C(F)(F)F)nc2[nH]c(C)cc12. The topological polar surface area (TPSA) is 62.8 Å². The first-order valence-electron chi connectivity index (χ1n) is 7.68. The van der Waals surface area contributed by atoms with Crippen molar-refractivity contribution in [3.05, 3.63) is 17.6 Å². The molecule has 2 aromatic heterocycles. The Morgan fingerprint density at radius 1 is 1.22 bits per heavy atom. The summed E-state index contributed by atoms with van der Waals surface area (Å²) in [6.07, 6.45) is -1.80. The Morgan fingerprint density at radius 3 is 2.65 bits per heavy atom. The van der Waals surface area contributed by atoms with E-state index in [4.69, 9.17) is 4.74 Å². The van der Waals surface area contributed by atoms with Gasteiger partial charge in [0.1, 0.15) is 11.5 Å². The molecule has 0 aliphatic heterocycles. The molecule has 5 nitrogen and oxygen atoms in total. The summed E-state index contributed by atoms with van der Waals surface area (Å²) in [6, 6.07) is 1.73. The molecule has 0 bridgehead atoms. The van der Waals surface area contributed by atoms with Crippen molar-refractivity contribution in [3.63, 3.8) is 0 Å². The van der Waals surface area contributed by atoms with Gasteiger partial charge in [0.05, 0.1) is 5.39 Å². The largest absolute Gasteiger partial charge is 0.451 e. The van der Waals surface area contributed by atoms with Crippen molar-refractivity contribution in [1.82, 2.24) is 15.0 Å². The van der Waals surface area contributed by atoms with Gasteiger partial charge in [-0.05, 0) is 25.8 Å². The highest BCUT2D eigenvalue weighted by Crippen LogP contribution is 2.30. The highest BCUT2D eigenvalue weighted by atomic mass is 19.4. The molecule has 0 fully saturated rings. The molecule has 2 aromatic rings. The number of aromatic nitrogens is 3. The fraction of sp³-hybridized carbons (Fsp3) is 0.600. The van der Waals surface area contributed by atoms with Crippen LogP contribution < -0.4 is 5.32 Å². The maximum absolute atomic E-state index is 12.9. The van der Waals surface area contributed by atoms with E-state index in [2.05, 4.69) is 27.2 Å². The minimum Gasteiger partial charge on any atom is -0.381 e. The van der Waals surface area contributed by atoms with Crippen LogP contribution in [0.15, 0.2) is 6.07 Å². The average molecular weight is 330 g/mol. The molecule has 0 unspecified atom stereocenters. The van der Waals surface area contributed by atoms with Crippen molar-refractivity contribution in [2.75, 3.05) is 25.1 Å². The maximum atomic E-state index is 12.9. The number of halogens is 3. The van der Waals surface area contributed by atoms with Gasteiger partial charge < -0.3 is 15.0 Å². The third-order valence-electron chi connectivity index (χ3n) is 3.28. The molecular weight excluding hydrogens is 309 g/mol. The molecule has 2 rings (SSSR count). The van der Waals surface area contributed by atoms with Crippen LogP contribution in [0.1, 0.15) is 37.7 Å². The summed E-state index contributed by atoms with van der Waals surface area (Å²) in [7, 11) is 0. The molecule has 8 heteroatoms. The van der Waals surface area contributed by atoms with Gasteiger partial charge in [-0.3, -0.25) is 0 Å². The van der Waals surface area contributed by atoms with E-state index in [1.807, 2.05) is 0 Å². The van der Waals surface area contributed by atoms with Crippen LogP contribution in [-0.2, 0) is 10.9 Å². The summed E-state index contributed by atoms with van der Waals surface area (Å²) in [5.74, 6) is -0.950. The Bertz CT molecular complexity index is 639. The second kappa shape index (κ2) is 7.63. The maximum Gasteiger partial charge on any atom is 0.451 e. The lowest BCUT2D eigenvalue weighted by atomic mass is 10.3. The number of ether oxygens (including phenoxy) is 1. The molecule has 128 valence electrons. The molecule has 2 N–H and O–H groups in total. The summed E-state index contributed by atoms with van der Waals surface area (Å²) in [6.45, 7) is 5.62. The van der Waals surface area contributed by atoms with Gasteiger partial charge in [-0.2, -0.15) is 13.2 Å². The van der Waals surface area contributed by atoms with E-state index in [-0.39, 0.29) is 11.5 Å². The highest BCUT2D eigenvalue weighted by molar-refractivity contribution is 5.87. The van der Waals surface area contributed by atoms with E-state index >= 15 is 0 Å². The molecule has 0 spiro atoms. The molecule has 0 saturated carbocycles. The summed E-state index contributed by atoms with van der Waals surface area (Å²) < 4.78 is 44.1. The van der Waals surface area contributed by atoms with Gasteiger partial charge in [-0.15, -0.1) is 0 Å². The predicted octanol–water partition coefficient (Wildman–Crippen LogP) is 3.90. The first kappa shape index (κ1) is 17.5. The Labute approximate surface area is 132 Å². The predicted molar refractivity (Wildman–Crippen MR) is 82.5 cm³/mol. The molecule has 0 aromatic carbocycles. The zero-order valence-electron chi connectivity index (χ0n) is 13.3. The third kappa shape index (κ3) is 4.82. The average Bonchev–Trinajstić information content (AvgIpc) is 2.85. The van der Waals surface area contributed by atoms with Crippen molar-refractivity contribution in [2.45, 2.75) is 39.3 Å². The van der Waals surface area contributed by atoms with Crippen LogP contribution in [-0.4, -0.2) is 34.7 Å². The lowest BCUT2D eigenvalue weighted by molar-refractivity contribution is -0.144. The van der Waals surface area contributed by atoms with E-state index < -0.39 is 12.0 Å². The van der Waals surface area contributed by atoms with Crippen LogP contribution >= 0.6 is 0 Å². The number of H-pyrrole nitrogens is 1. The number of alkyl halides is 3. The monoisotopic (exact) mass is 330 g/mol. The van der Waals surface area contributed by atoms with Gasteiger partial charge in [0.25, 0.3) is 0 Å². The van der Waals surface area contributed by atoms with Crippen molar-refractivity contribution in [3.8, 4) is 0 Å². The van der Waals surface area contributed by atoms with E-state index in [1.165, 1.54) is 0 Å². The summed E-state index contributed by atoms with van der Waals surface area (Å²) in [4.78, 5) is 9.99. The number of nitrogens with one attached hydrogen (secondary N) is 2. The zero-order chi connectivity index (χ0) is 16.9. The van der Waals surface area contributed by atoms with Crippen LogP contribution in [0.4, 0.5) is 19.0 Å². The van der Waals surface area contributed by atoms with Gasteiger partial charge in [-0.1, -0.05) is 13.3 Å². The Balaban J connectivity index is 2.03. The smallest absolute Gasteiger partial charge is 0.381 e. The summed E-state index contributed by atoms with van der Waals surface area (Å²) in [5, 5.41) is 3.51. The van der Waals surface area contributed by atoms with E-state index in [0.717, 1.165) is 18.5 Å². The third-order valence-corrected chi connectivity index (χ3v) is 3.28. The van der Waals surface area contributed by atoms with Crippen molar-refractivity contribution >= 4 is 16.9 Å². The fourth-order valence-corrected chi connectivity index (χ4v) is 2.13. The molecule has 23 heavy (non-hydrogen) atoms. The fourth-order valence-electron chi connectivity index (χ4n) is 2.13. The van der Waals surface area contributed by atoms with Gasteiger partial charge in [-0.25, -0.2) is 9.97 Å². The van der Waals surface area contributed by atoms with Gasteiger partial charge in [0.15, 0.2) is 0 Å². The zero-order valence-corrected chi connectivity index (χ0v) is 13.3. The van der Waals surface area contributed by atoms with E-state index in [9.17, 15) is 13.2 Å². The summed E-state index contributed by atoms with van der Waals surface area (Å²) in [5.41, 5.74) is 0.922. The number of hydrogen-bond acceptors (Lipinski definition) is 4. The van der Waals surface area contributed by atoms with Gasteiger partial charge in [0, 0.05) is 25.5 Å². The molecule has 0 aliphatic rings. The highest BCUT2D eigenvalue weighted by Gasteiger charge is 2.35. The second-order valence-corrected chi connectivity index (χ2v) is 5.35. The standard InChI is InChI=1S/C15H21F3N4O/c1-3-4-7-23-8-5-6-19-12-11-9-10(2)20-13(11)22-14(21-12)15(16,17)18/h9H,3-8H2,1-2H3,(H2,19,20,21,22). The lowest BCUT2D eigenvalue weighted by Crippen LogP contribution is -2.14. The lowest BCUT2D eigenvalue weighted by Gasteiger charge is -2.10. The number of fused-ring (bicyclic) bond motifs is 1. The van der Waals surface area contributed by atoms with E-state index in [1.54, 1.807) is 13.0 Å². The molecule has 2 heterocycles. The van der Waals surface area contributed by atoms with Crippen LogP contribution in [0.5, 0.6) is 0 Å². The number of nitrogens with zero attached hydrogens (tertiary/aromatic N) is 2. The Kier molecular flexibility index (Phi) is 5.81. The van der Waals surface area contributed by atoms with Gasteiger partial charge in [0.2, 0.25) is 5.82 Å². The number of hydrogen-bond donors (Lipinski definition) is 2. The second-order valence-electron chi connectivity index (χ2n) is 5.35. The van der Waals surface area contributed by atoms with Crippen molar-refractivity contribution < 1.29 is 17.9 Å². The van der Waals surface area contributed by atoms with Crippen LogP contribution in [0.25, 0.3) is 11.0 Å². The number of rotatable bonds is 8. The van der Waals surface area contributed by atoms with Crippen molar-refractivity contribution in [2.24, 2.45) is 0 Å². The first-order valence-corrected chi connectivity index (χ1v) is 7.68. The van der Waals surface area contributed by atoms with E-state index in [0.29, 0.717) is 31.6 Å². The Hall–Kier alpha value is -1.83. The van der Waals surface area contributed by atoms with Crippen LogP contribution in [0.3, 0.4) is 0 Å². The number of anilines is 1. The molecule has 0 saturated heterocycles. The van der Waals surface area contributed by atoms with Gasteiger partial charge >= 0.3 is 6.18 Å². The number of unbranched alkanes of at least 4 members (excludes halogenated alkanes) is 1. The minimum absolute atomic E-state index is 0.187. The molecule has 0 radical (unpaired) electrons. The normalized spacial score (nSPS) is 12.0.